The number of unbranched alkanes of at least 4 members (excludes halogenated alkanes) is 1. The van der Waals surface area contributed by atoms with Crippen LogP contribution in [-0.2, 0) is 22.7 Å². The topological polar surface area (TPSA) is 132 Å². The number of hydrogen-bond donors (Lipinski definition) is 3. The summed E-state index contributed by atoms with van der Waals surface area (Å²) < 4.78 is 0. The van der Waals surface area contributed by atoms with E-state index in [0.29, 0.717) is 36.4 Å². The second kappa shape index (κ2) is 13.7. The molecule has 2 saturated heterocycles. The highest BCUT2D eigenvalue weighted by molar-refractivity contribution is 6.16. The summed E-state index contributed by atoms with van der Waals surface area (Å²) in [6.45, 7) is 10.5. The highest BCUT2D eigenvalue weighted by atomic mass is 16.3. The van der Waals surface area contributed by atoms with Crippen LogP contribution < -0.4 is 16.0 Å². The molecule has 2 aliphatic heterocycles. The first kappa shape index (κ1) is 31.4. The summed E-state index contributed by atoms with van der Waals surface area (Å²) in [7, 11) is 0. The number of aromatic nitrogens is 1. The number of benzene rings is 1. The number of rotatable bonds is 12. The monoisotopic (exact) mass is 600 g/mol. The first-order valence-electron chi connectivity index (χ1n) is 15.7. The summed E-state index contributed by atoms with van der Waals surface area (Å²) >= 11 is 0. The van der Waals surface area contributed by atoms with Crippen LogP contribution in [0.1, 0.15) is 66.7 Å². The van der Waals surface area contributed by atoms with E-state index in [1.54, 1.807) is 13.1 Å². The number of nitrogens with two attached hydrogens (primary N) is 1. The summed E-state index contributed by atoms with van der Waals surface area (Å²) in [5, 5.41) is 13.8. The van der Waals surface area contributed by atoms with Gasteiger partial charge < -0.3 is 21.1 Å². The Morgan fingerprint density at radius 2 is 1.95 bits per heavy atom. The average molecular weight is 601 g/mol. The Hall–Kier alpha value is -4.02. The van der Waals surface area contributed by atoms with Gasteiger partial charge in [-0.1, -0.05) is 44.0 Å². The largest absolute Gasteiger partial charge is 0.391 e. The van der Waals surface area contributed by atoms with Gasteiger partial charge in [-0.2, -0.15) is 0 Å². The summed E-state index contributed by atoms with van der Waals surface area (Å²) in [6.07, 6.45) is 7.54. The molecule has 3 unspecified atom stereocenters. The molecule has 3 amide bonds. The molecule has 3 heterocycles. The van der Waals surface area contributed by atoms with Crippen molar-refractivity contribution < 1.29 is 19.5 Å². The van der Waals surface area contributed by atoms with Crippen LogP contribution in [0, 0.1) is 12.8 Å². The third-order valence-corrected chi connectivity index (χ3v) is 9.04. The number of nitrogens with zero attached hydrogens (tertiary/aromatic N) is 4. The van der Waals surface area contributed by atoms with E-state index in [2.05, 4.69) is 52.1 Å². The predicted octanol–water partition coefficient (Wildman–Crippen LogP) is 3.04. The first-order chi connectivity index (χ1) is 21.2. The highest BCUT2D eigenvalue weighted by Gasteiger charge is 2.48. The SMILES string of the molecule is CCCCC(C(C)O)N1C(=O)C2=C(NCc3ccc(CN4CCN(c5cccnc5C(N)=O)CC4)c(C)c3)C=CCC2C1=O. The van der Waals surface area contributed by atoms with Gasteiger partial charge in [-0.15, -0.1) is 0 Å². The molecule has 0 spiro atoms. The molecule has 2 aromatic rings. The molecule has 3 aliphatic rings. The van der Waals surface area contributed by atoms with Crippen molar-refractivity contribution in [2.24, 2.45) is 11.7 Å². The number of carbonyl (C=O) groups is 3. The standard InChI is InChI=1S/C34H44N6O4/c1-4-5-10-28(23(3)41)40-33(43)26-8-6-9-27(30(26)34(40)44)37-20-24-12-13-25(22(2)19-24)21-38-15-17-39(18-16-38)29-11-7-14-36-31(29)32(35)42/h6-7,9,11-14,19,23,26,28,37,41H,4-5,8,10,15-18,20-21H2,1-3H3,(H2,35,42). The quantitative estimate of drug-likeness (QED) is 0.317. The Kier molecular flexibility index (Phi) is 9.80. The van der Waals surface area contributed by atoms with E-state index in [9.17, 15) is 19.5 Å². The zero-order chi connectivity index (χ0) is 31.4. The number of aryl methyl sites for hydroxylation is 1. The van der Waals surface area contributed by atoms with E-state index in [4.69, 9.17) is 5.73 Å². The molecule has 3 atom stereocenters. The number of hydrogen-bond acceptors (Lipinski definition) is 8. The van der Waals surface area contributed by atoms with E-state index < -0.39 is 24.0 Å². The Bertz CT molecular complexity index is 1460. The van der Waals surface area contributed by atoms with Gasteiger partial charge in [0.15, 0.2) is 5.69 Å². The molecule has 0 saturated carbocycles. The molecule has 0 radical (unpaired) electrons. The number of imide groups is 1. The third-order valence-electron chi connectivity index (χ3n) is 9.04. The lowest BCUT2D eigenvalue weighted by molar-refractivity contribution is -0.144. The molecule has 10 nitrogen and oxygen atoms in total. The molecule has 1 aliphatic carbocycles. The van der Waals surface area contributed by atoms with Crippen LogP contribution in [0.3, 0.4) is 0 Å². The molecule has 5 rings (SSSR count). The van der Waals surface area contributed by atoms with Crippen molar-refractivity contribution in [3.63, 3.8) is 0 Å². The van der Waals surface area contributed by atoms with E-state index in [-0.39, 0.29) is 11.8 Å². The number of piperazine rings is 1. The number of fused-ring (bicyclic) bond motifs is 1. The van der Waals surface area contributed by atoms with Crippen LogP contribution in [0.2, 0.25) is 0 Å². The third kappa shape index (κ3) is 6.56. The van der Waals surface area contributed by atoms with Crippen LogP contribution in [-0.4, -0.2) is 75.9 Å². The van der Waals surface area contributed by atoms with Crippen molar-refractivity contribution in [2.45, 2.75) is 71.7 Å². The number of nitrogens with one attached hydrogen (secondary N) is 1. The van der Waals surface area contributed by atoms with Gasteiger partial charge in [-0.25, -0.2) is 4.98 Å². The van der Waals surface area contributed by atoms with Crippen LogP contribution >= 0.6 is 0 Å². The van der Waals surface area contributed by atoms with Gasteiger partial charge >= 0.3 is 0 Å². The fourth-order valence-electron chi connectivity index (χ4n) is 6.54. The molecule has 1 aromatic carbocycles. The van der Waals surface area contributed by atoms with E-state index in [1.807, 2.05) is 24.3 Å². The maximum atomic E-state index is 13.5. The lowest BCUT2D eigenvalue weighted by atomic mass is 9.91. The molecule has 2 fully saturated rings. The normalized spacial score (nSPS) is 20.2. The molecule has 1 aromatic heterocycles. The van der Waals surface area contributed by atoms with Crippen LogP contribution in [0.15, 0.2) is 60.0 Å². The summed E-state index contributed by atoms with van der Waals surface area (Å²) in [6, 6.07) is 9.67. The Morgan fingerprint density at radius 3 is 2.64 bits per heavy atom. The molecule has 10 heteroatoms. The number of aliphatic hydroxyl groups is 1. The summed E-state index contributed by atoms with van der Waals surface area (Å²) in [4.78, 5) is 48.8. The maximum Gasteiger partial charge on any atom is 0.269 e. The van der Waals surface area contributed by atoms with Crippen molar-refractivity contribution in [3.05, 3.63) is 82.3 Å². The molecule has 234 valence electrons. The predicted molar refractivity (Wildman–Crippen MR) is 169 cm³/mol. The minimum absolute atomic E-state index is 0.203. The fraction of sp³-hybridized carbons (Fsp3) is 0.471. The minimum atomic E-state index is -0.777. The number of allylic oxidation sites excluding steroid dienone is 2. The van der Waals surface area contributed by atoms with Crippen molar-refractivity contribution in [2.75, 3.05) is 31.1 Å². The highest BCUT2D eigenvalue weighted by Crippen LogP contribution is 2.36. The van der Waals surface area contributed by atoms with E-state index in [0.717, 1.165) is 56.8 Å². The molecule has 0 bridgehead atoms. The number of primary amides is 1. The Morgan fingerprint density at radius 1 is 1.18 bits per heavy atom. The lowest BCUT2D eigenvalue weighted by Crippen LogP contribution is -2.46. The van der Waals surface area contributed by atoms with Crippen LogP contribution in [0.25, 0.3) is 0 Å². The zero-order valence-corrected chi connectivity index (χ0v) is 26.0. The first-order valence-corrected chi connectivity index (χ1v) is 15.7. The van der Waals surface area contributed by atoms with Gasteiger partial charge in [-0.3, -0.25) is 24.2 Å². The van der Waals surface area contributed by atoms with Crippen LogP contribution in [0.4, 0.5) is 5.69 Å². The van der Waals surface area contributed by atoms with Gasteiger partial charge in [0.1, 0.15) is 0 Å². The molecular weight excluding hydrogens is 556 g/mol. The molecule has 4 N–H and O–H groups in total. The molecular formula is C34H44N6O4. The minimum Gasteiger partial charge on any atom is -0.391 e. The van der Waals surface area contributed by atoms with Crippen molar-refractivity contribution in [1.82, 2.24) is 20.1 Å². The number of anilines is 1. The van der Waals surface area contributed by atoms with E-state index in [1.165, 1.54) is 16.0 Å². The van der Waals surface area contributed by atoms with Crippen molar-refractivity contribution in [3.8, 4) is 0 Å². The molecule has 44 heavy (non-hydrogen) atoms. The number of amides is 3. The Balaban J connectivity index is 1.21. The number of pyridine rings is 1. The lowest BCUT2D eigenvalue weighted by Gasteiger charge is -2.36. The second-order valence-electron chi connectivity index (χ2n) is 12.1. The number of aliphatic hydroxyl groups excluding tert-OH is 1. The zero-order valence-electron chi connectivity index (χ0n) is 26.0. The number of carbonyl (C=O) groups excluding carboxylic acids is 3. The second-order valence-corrected chi connectivity index (χ2v) is 12.1. The summed E-state index contributed by atoms with van der Waals surface area (Å²) in [5.74, 6) is -1.49. The van der Waals surface area contributed by atoms with E-state index >= 15 is 0 Å². The van der Waals surface area contributed by atoms with Gasteiger partial charge in [0.25, 0.3) is 11.8 Å². The summed E-state index contributed by atoms with van der Waals surface area (Å²) in [5.41, 5.74) is 11.4. The van der Waals surface area contributed by atoms with Gasteiger partial charge in [0, 0.05) is 51.2 Å². The van der Waals surface area contributed by atoms with Crippen molar-refractivity contribution in [1.29, 1.82) is 0 Å². The maximum absolute atomic E-state index is 13.5. The van der Waals surface area contributed by atoms with Gasteiger partial charge in [0.2, 0.25) is 5.91 Å². The van der Waals surface area contributed by atoms with Crippen LogP contribution in [0.5, 0.6) is 0 Å². The Labute approximate surface area is 259 Å². The number of likely N-dealkylation sites (tertiary alicyclic amines) is 1. The smallest absolute Gasteiger partial charge is 0.269 e. The van der Waals surface area contributed by atoms with Gasteiger partial charge in [0.05, 0.1) is 29.3 Å². The van der Waals surface area contributed by atoms with Gasteiger partial charge in [-0.05, 0) is 61.6 Å². The van der Waals surface area contributed by atoms with Crippen molar-refractivity contribution >= 4 is 23.4 Å². The fourth-order valence-corrected chi connectivity index (χ4v) is 6.54. The average Bonchev–Trinajstić information content (AvgIpc) is 3.27.